The highest BCUT2D eigenvalue weighted by atomic mass is 79.9. The first-order valence-corrected chi connectivity index (χ1v) is 7.81. The van der Waals surface area contributed by atoms with Crippen LogP contribution in [0.4, 0.5) is 4.39 Å². The van der Waals surface area contributed by atoms with Crippen molar-refractivity contribution >= 4 is 21.8 Å². The SMILES string of the molecule is NCC1CCC(C(=O)NCc2cc(Br)ccc2F)CC1. The van der Waals surface area contributed by atoms with E-state index in [1.807, 2.05) is 0 Å². The largest absolute Gasteiger partial charge is 0.352 e. The highest BCUT2D eigenvalue weighted by Gasteiger charge is 2.25. The topological polar surface area (TPSA) is 55.1 Å². The minimum atomic E-state index is -0.291. The summed E-state index contributed by atoms with van der Waals surface area (Å²) in [6.45, 7) is 0.943. The summed E-state index contributed by atoms with van der Waals surface area (Å²) >= 11 is 3.30. The quantitative estimate of drug-likeness (QED) is 0.883. The summed E-state index contributed by atoms with van der Waals surface area (Å²) in [5.74, 6) is 0.342. The zero-order chi connectivity index (χ0) is 14.5. The van der Waals surface area contributed by atoms with Gasteiger partial charge in [0, 0.05) is 22.5 Å². The molecule has 5 heteroatoms. The lowest BCUT2D eigenvalue weighted by molar-refractivity contribution is -0.126. The van der Waals surface area contributed by atoms with Crippen LogP contribution in [0.5, 0.6) is 0 Å². The Bertz CT molecular complexity index is 473. The molecule has 0 saturated heterocycles. The van der Waals surface area contributed by atoms with Gasteiger partial charge in [-0.15, -0.1) is 0 Å². The van der Waals surface area contributed by atoms with E-state index in [2.05, 4.69) is 21.2 Å². The Morgan fingerprint density at radius 1 is 1.35 bits per heavy atom. The fourth-order valence-corrected chi connectivity index (χ4v) is 3.07. The normalized spacial score (nSPS) is 22.6. The maximum atomic E-state index is 13.6. The van der Waals surface area contributed by atoms with Crippen LogP contribution in [0.2, 0.25) is 0 Å². The second kappa shape index (κ2) is 7.18. The maximum absolute atomic E-state index is 13.6. The first kappa shape index (κ1) is 15.4. The summed E-state index contributed by atoms with van der Waals surface area (Å²) < 4.78 is 14.4. The van der Waals surface area contributed by atoms with Gasteiger partial charge in [0.2, 0.25) is 5.91 Å². The number of hydrogen-bond acceptors (Lipinski definition) is 2. The Morgan fingerprint density at radius 2 is 2.05 bits per heavy atom. The summed E-state index contributed by atoms with van der Waals surface area (Å²) in [7, 11) is 0. The Kier molecular flexibility index (Phi) is 5.54. The van der Waals surface area contributed by atoms with E-state index >= 15 is 0 Å². The number of benzene rings is 1. The number of nitrogens with one attached hydrogen (secondary N) is 1. The molecule has 0 aromatic heterocycles. The van der Waals surface area contributed by atoms with E-state index in [9.17, 15) is 9.18 Å². The molecule has 1 aliphatic carbocycles. The van der Waals surface area contributed by atoms with Crippen LogP contribution >= 0.6 is 15.9 Å². The van der Waals surface area contributed by atoms with E-state index < -0.39 is 0 Å². The van der Waals surface area contributed by atoms with Crippen LogP contribution in [0.25, 0.3) is 0 Å². The van der Waals surface area contributed by atoms with E-state index in [1.54, 1.807) is 12.1 Å². The van der Waals surface area contributed by atoms with Crippen molar-refractivity contribution in [2.45, 2.75) is 32.2 Å². The maximum Gasteiger partial charge on any atom is 0.223 e. The fourth-order valence-electron chi connectivity index (χ4n) is 2.67. The van der Waals surface area contributed by atoms with Gasteiger partial charge in [-0.25, -0.2) is 4.39 Å². The minimum Gasteiger partial charge on any atom is -0.352 e. The molecule has 1 saturated carbocycles. The number of nitrogens with two attached hydrogens (primary N) is 1. The van der Waals surface area contributed by atoms with Gasteiger partial charge in [0.1, 0.15) is 5.82 Å². The molecule has 0 atom stereocenters. The van der Waals surface area contributed by atoms with E-state index in [4.69, 9.17) is 5.73 Å². The van der Waals surface area contributed by atoms with Crippen LogP contribution in [0, 0.1) is 17.7 Å². The molecule has 0 heterocycles. The van der Waals surface area contributed by atoms with Crippen LogP contribution in [0.15, 0.2) is 22.7 Å². The summed E-state index contributed by atoms with van der Waals surface area (Å²) in [6, 6.07) is 4.74. The Hall–Kier alpha value is -0.940. The third-order valence-electron chi connectivity index (χ3n) is 4.01. The molecule has 2 rings (SSSR count). The summed E-state index contributed by atoms with van der Waals surface area (Å²) in [6.07, 6.45) is 3.79. The highest BCUT2D eigenvalue weighted by molar-refractivity contribution is 9.10. The molecule has 0 radical (unpaired) electrons. The molecule has 3 N–H and O–H groups in total. The molecule has 1 amide bonds. The minimum absolute atomic E-state index is 0.0276. The van der Waals surface area contributed by atoms with Gasteiger partial charge in [-0.1, -0.05) is 15.9 Å². The molecule has 1 aliphatic rings. The molecule has 20 heavy (non-hydrogen) atoms. The standard InChI is InChI=1S/C15H20BrFN2O/c16-13-5-6-14(17)12(7-13)9-19-15(20)11-3-1-10(8-18)2-4-11/h5-7,10-11H,1-4,8-9,18H2,(H,19,20). The van der Waals surface area contributed by atoms with Crippen LogP contribution < -0.4 is 11.1 Å². The summed E-state index contributed by atoms with van der Waals surface area (Å²) in [5, 5.41) is 2.84. The van der Waals surface area contributed by atoms with Crippen LogP contribution in [0.3, 0.4) is 0 Å². The molecule has 0 bridgehead atoms. The second-order valence-corrected chi connectivity index (χ2v) is 6.32. The van der Waals surface area contributed by atoms with Gasteiger partial charge in [-0.3, -0.25) is 4.79 Å². The molecule has 0 unspecified atom stereocenters. The van der Waals surface area contributed by atoms with Crippen LogP contribution in [-0.4, -0.2) is 12.5 Å². The number of rotatable bonds is 4. The molecular formula is C15H20BrFN2O. The van der Waals surface area contributed by atoms with Crippen molar-refractivity contribution < 1.29 is 9.18 Å². The average Bonchev–Trinajstić information content (AvgIpc) is 2.48. The lowest BCUT2D eigenvalue weighted by atomic mass is 9.81. The predicted octanol–water partition coefficient (Wildman–Crippen LogP) is 2.97. The van der Waals surface area contributed by atoms with E-state index in [-0.39, 0.29) is 24.2 Å². The molecule has 0 spiro atoms. The van der Waals surface area contributed by atoms with Gasteiger partial charge >= 0.3 is 0 Å². The Balaban J connectivity index is 1.85. The van der Waals surface area contributed by atoms with Crippen LogP contribution in [0.1, 0.15) is 31.2 Å². The third-order valence-corrected chi connectivity index (χ3v) is 4.50. The van der Waals surface area contributed by atoms with Crippen molar-refractivity contribution in [3.63, 3.8) is 0 Å². The molecule has 110 valence electrons. The van der Waals surface area contributed by atoms with Gasteiger partial charge in [-0.05, 0) is 56.3 Å². The molecule has 0 aliphatic heterocycles. The van der Waals surface area contributed by atoms with Gasteiger partial charge < -0.3 is 11.1 Å². The van der Waals surface area contributed by atoms with E-state index in [0.29, 0.717) is 18.0 Å². The average molecular weight is 343 g/mol. The summed E-state index contributed by atoms with van der Waals surface area (Å²) in [5.41, 5.74) is 6.15. The Labute approximate surface area is 127 Å². The monoisotopic (exact) mass is 342 g/mol. The van der Waals surface area contributed by atoms with Crippen molar-refractivity contribution in [1.82, 2.24) is 5.32 Å². The molecule has 1 fully saturated rings. The number of hydrogen-bond donors (Lipinski definition) is 2. The molecule has 3 nitrogen and oxygen atoms in total. The number of halogens is 2. The van der Waals surface area contributed by atoms with Crippen molar-refractivity contribution in [1.29, 1.82) is 0 Å². The number of amides is 1. The third kappa shape index (κ3) is 4.03. The smallest absolute Gasteiger partial charge is 0.223 e. The zero-order valence-electron chi connectivity index (χ0n) is 11.4. The Morgan fingerprint density at radius 3 is 2.70 bits per heavy atom. The van der Waals surface area contributed by atoms with Crippen molar-refractivity contribution in [2.24, 2.45) is 17.6 Å². The lowest BCUT2D eigenvalue weighted by Gasteiger charge is -2.26. The lowest BCUT2D eigenvalue weighted by Crippen LogP contribution is -2.34. The highest BCUT2D eigenvalue weighted by Crippen LogP contribution is 2.28. The van der Waals surface area contributed by atoms with Crippen molar-refractivity contribution in [3.8, 4) is 0 Å². The number of carbonyl (C=O) groups is 1. The predicted molar refractivity (Wildman–Crippen MR) is 80.4 cm³/mol. The second-order valence-electron chi connectivity index (χ2n) is 5.41. The van der Waals surface area contributed by atoms with E-state index in [1.165, 1.54) is 6.07 Å². The molecule has 1 aromatic rings. The van der Waals surface area contributed by atoms with Gasteiger partial charge in [0.05, 0.1) is 0 Å². The van der Waals surface area contributed by atoms with Gasteiger partial charge in [0.15, 0.2) is 0 Å². The van der Waals surface area contributed by atoms with Gasteiger partial charge in [-0.2, -0.15) is 0 Å². The molecule has 1 aromatic carbocycles. The molecular weight excluding hydrogens is 323 g/mol. The summed E-state index contributed by atoms with van der Waals surface area (Å²) in [4.78, 5) is 12.1. The van der Waals surface area contributed by atoms with E-state index in [0.717, 1.165) is 30.2 Å². The zero-order valence-corrected chi connectivity index (χ0v) is 13.0. The number of carbonyl (C=O) groups excluding carboxylic acids is 1. The first-order chi connectivity index (χ1) is 9.60. The van der Waals surface area contributed by atoms with Crippen molar-refractivity contribution in [3.05, 3.63) is 34.1 Å². The van der Waals surface area contributed by atoms with Gasteiger partial charge in [0.25, 0.3) is 0 Å². The fraction of sp³-hybridized carbons (Fsp3) is 0.533. The van der Waals surface area contributed by atoms with Crippen LogP contribution in [-0.2, 0) is 11.3 Å². The van der Waals surface area contributed by atoms with Crippen molar-refractivity contribution in [2.75, 3.05) is 6.54 Å². The first-order valence-electron chi connectivity index (χ1n) is 7.02.